The number of piperidine rings is 1. The number of nitrogens with two attached hydrogens (primary N) is 1. The number of thiazole rings is 1. The van der Waals surface area contributed by atoms with E-state index in [-0.39, 0.29) is 0 Å². The van der Waals surface area contributed by atoms with Crippen LogP contribution in [0.1, 0.15) is 32.4 Å². The molecule has 1 fully saturated rings. The smallest absolute Gasteiger partial charge is 0.185 e. The Labute approximate surface area is 102 Å². The van der Waals surface area contributed by atoms with E-state index in [1.165, 1.54) is 12.8 Å². The van der Waals surface area contributed by atoms with Crippen LogP contribution >= 0.6 is 11.3 Å². The molecule has 0 bridgehead atoms. The van der Waals surface area contributed by atoms with Crippen LogP contribution in [0.5, 0.6) is 0 Å². The molecule has 1 aromatic rings. The fourth-order valence-corrected chi connectivity index (χ4v) is 3.18. The Hall–Kier alpha value is -0.610. The maximum atomic E-state index is 5.58. The molecule has 0 unspecified atom stereocenters. The highest BCUT2D eigenvalue weighted by atomic mass is 32.1. The minimum Gasteiger partial charge on any atom is -0.348 e. The highest BCUT2D eigenvalue weighted by molar-refractivity contribution is 7.13. The van der Waals surface area contributed by atoms with Gasteiger partial charge in [-0.1, -0.05) is 13.8 Å². The highest BCUT2D eigenvalue weighted by Crippen LogP contribution is 2.29. The molecule has 2 heterocycles. The first-order valence-corrected chi connectivity index (χ1v) is 6.98. The lowest BCUT2D eigenvalue weighted by Gasteiger charge is -2.33. The predicted molar refractivity (Wildman–Crippen MR) is 69.8 cm³/mol. The van der Waals surface area contributed by atoms with E-state index in [0.717, 1.165) is 35.8 Å². The van der Waals surface area contributed by atoms with Gasteiger partial charge in [0.05, 0.1) is 5.69 Å². The van der Waals surface area contributed by atoms with Gasteiger partial charge in [0, 0.05) is 25.0 Å². The Balaban J connectivity index is 1.93. The summed E-state index contributed by atoms with van der Waals surface area (Å²) >= 11 is 1.73. The predicted octanol–water partition coefficient (Wildman–Crippen LogP) is 2.47. The SMILES string of the molecule is CC(C)C1CCN(c2nc(CN)cs2)CC1. The second-order valence-corrected chi connectivity index (χ2v) is 5.73. The van der Waals surface area contributed by atoms with Crippen molar-refractivity contribution in [2.45, 2.75) is 33.2 Å². The van der Waals surface area contributed by atoms with Gasteiger partial charge in [-0.15, -0.1) is 11.3 Å². The third-order valence-electron chi connectivity index (χ3n) is 3.50. The van der Waals surface area contributed by atoms with E-state index in [1.807, 2.05) is 0 Å². The molecule has 0 aromatic carbocycles. The zero-order chi connectivity index (χ0) is 11.5. The topological polar surface area (TPSA) is 42.2 Å². The summed E-state index contributed by atoms with van der Waals surface area (Å²) in [5, 5.41) is 3.23. The molecule has 1 aliphatic rings. The van der Waals surface area contributed by atoms with Crippen LogP contribution in [0.4, 0.5) is 5.13 Å². The van der Waals surface area contributed by atoms with Crippen LogP contribution in [0.15, 0.2) is 5.38 Å². The summed E-state index contributed by atoms with van der Waals surface area (Å²) in [5.74, 6) is 1.71. The first-order chi connectivity index (χ1) is 7.70. The molecule has 0 amide bonds. The molecule has 16 heavy (non-hydrogen) atoms. The monoisotopic (exact) mass is 239 g/mol. The first kappa shape index (κ1) is 11.9. The fraction of sp³-hybridized carbons (Fsp3) is 0.750. The van der Waals surface area contributed by atoms with Crippen molar-refractivity contribution in [2.24, 2.45) is 17.6 Å². The van der Waals surface area contributed by atoms with Gasteiger partial charge in [0.15, 0.2) is 5.13 Å². The molecule has 0 atom stereocenters. The second-order valence-electron chi connectivity index (χ2n) is 4.89. The van der Waals surface area contributed by atoms with Gasteiger partial charge in [-0.25, -0.2) is 4.98 Å². The van der Waals surface area contributed by atoms with Crippen molar-refractivity contribution in [1.29, 1.82) is 0 Å². The molecule has 1 saturated heterocycles. The van der Waals surface area contributed by atoms with Crippen LogP contribution < -0.4 is 10.6 Å². The van der Waals surface area contributed by atoms with Crippen molar-refractivity contribution in [3.05, 3.63) is 11.1 Å². The molecule has 90 valence electrons. The summed E-state index contributed by atoms with van der Waals surface area (Å²) in [4.78, 5) is 6.95. The van der Waals surface area contributed by atoms with Gasteiger partial charge < -0.3 is 10.6 Å². The third-order valence-corrected chi connectivity index (χ3v) is 4.45. The van der Waals surface area contributed by atoms with Crippen molar-refractivity contribution in [1.82, 2.24) is 4.98 Å². The normalized spacial score (nSPS) is 18.4. The van der Waals surface area contributed by atoms with Crippen LogP contribution in [0.25, 0.3) is 0 Å². The van der Waals surface area contributed by atoms with Gasteiger partial charge in [0.2, 0.25) is 0 Å². The Morgan fingerprint density at radius 1 is 1.50 bits per heavy atom. The van der Waals surface area contributed by atoms with E-state index in [9.17, 15) is 0 Å². The van der Waals surface area contributed by atoms with E-state index >= 15 is 0 Å². The number of anilines is 1. The standard InChI is InChI=1S/C12H21N3S/c1-9(2)10-3-5-15(6-4-10)12-14-11(7-13)8-16-12/h8-10H,3-7,13H2,1-2H3. The number of rotatable bonds is 3. The summed E-state index contributed by atoms with van der Waals surface area (Å²) < 4.78 is 0. The van der Waals surface area contributed by atoms with Crippen LogP contribution in [0, 0.1) is 11.8 Å². The summed E-state index contributed by atoms with van der Waals surface area (Å²) in [6, 6.07) is 0. The van der Waals surface area contributed by atoms with Gasteiger partial charge in [0.1, 0.15) is 0 Å². The molecule has 1 aliphatic heterocycles. The molecular weight excluding hydrogens is 218 g/mol. The van der Waals surface area contributed by atoms with E-state index < -0.39 is 0 Å². The minimum atomic E-state index is 0.555. The average molecular weight is 239 g/mol. The second kappa shape index (κ2) is 5.15. The highest BCUT2D eigenvalue weighted by Gasteiger charge is 2.22. The fourth-order valence-electron chi connectivity index (χ4n) is 2.29. The number of hydrogen-bond donors (Lipinski definition) is 1. The molecule has 1 aromatic heterocycles. The molecule has 2 N–H and O–H groups in total. The van der Waals surface area contributed by atoms with E-state index in [4.69, 9.17) is 5.73 Å². The molecule has 0 saturated carbocycles. The molecule has 3 nitrogen and oxygen atoms in total. The van der Waals surface area contributed by atoms with Crippen molar-refractivity contribution < 1.29 is 0 Å². The Morgan fingerprint density at radius 2 is 2.19 bits per heavy atom. The van der Waals surface area contributed by atoms with Crippen molar-refractivity contribution in [2.75, 3.05) is 18.0 Å². The molecule has 4 heteroatoms. The Kier molecular flexibility index (Phi) is 3.82. The quantitative estimate of drug-likeness (QED) is 0.881. The number of aromatic nitrogens is 1. The van der Waals surface area contributed by atoms with Gasteiger partial charge in [-0.3, -0.25) is 0 Å². The van der Waals surface area contributed by atoms with Crippen LogP contribution in [0.2, 0.25) is 0 Å². The summed E-state index contributed by atoms with van der Waals surface area (Å²) in [6.45, 7) is 7.52. The molecule has 0 spiro atoms. The van der Waals surface area contributed by atoms with Crippen LogP contribution in [-0.2, 0) is 6.54 Å². The molecule has 2 rings (SSSR count). The molecular formula is C12H21N3S. The van der Waals surface area contributed by atoms with E-state index in [0.29, 0.717) is 6.54 Å². The lowest BCUT2D eigenvalue weighted by atomic mass is 9.87. The van der Waals surface area contributed by atoms with Gasteiger partial charge in [-0.05, 0) is 24.7 Å². The van der Waals surface area contributed by atoms with Crippen LogP contribution in [0.3, 0.4) is 0 Å². The summed E-state index contributed by atoms with van der Waals surface area (Å²) in [6.07, 6.45) is 2.60. The minimum absolute atomic E-state index is 0.555. The van der Waals surface area contributed by atoms with Gasteiger partial charge >= 0.3 is 0 Å². The molecule has 0 aliphatic carbocycles. The van der Waals surface area contributed by atoms with Crippen LogP contribution in [-0.4, -0.2) is 18.1 Å². The average Bonchev–Trinajstić information content (AvgIpc) is 2.77. The number of nitrogens with zero attached hydrogens (tertiary/aromatic N) is 2. The van der Waals surface area contributed by atoms with E-state index in [1.54, 1.807) is 11.3 Å². The number of hydrogen-bond acceptors (Lipinski definition) is 4. The summed E-state index contributed by atoms with van der Waals surface area (Å²) in [5.41, 5.74) is 6.60. The first-order valence-electron chi connectivity index (χ1n) is 6.10. The van der Waals surface area contributed by atoms with Crippen molar-refractivity contribution in [3.8, 4) is 0 Å². The lowest BCUT2D eigenvalue weighted by Crippen LogP contribution is -2.35. The Morgan fingerprint density at radius 3 is 2.69 bits per heavy atom. The van der Waals surface area contributed by atoms with Crippen molar-refractivity contribution >= 4 is 16.5 Å². The zero-order valence-corrected chi connectivity index (χ0v) is 11.0. The molecule has 0 radical (unpaired) electrons. The summed E-state index contributed by atoms with van der Waals surface area (Å²) in [7, 11) is 0. The maximum absolute atomic E-state index is 5.58. The van der Waals surface area contributed by atoms with Gasteiger partial charge in [0.25, 0.3) is 0 Å². The Bertz CT molecular complexity index is 327. The third kappa shape index (κ3) is 2.55. The zero-order valence-electron chi connectivity index (χ0n) is 10.1. The van der Waals surface area contributed by atoms with Crippen molar-refractivity contribution in [3.63, 3.8) is 0 Å². The lowest BCUT2D eigenvalue weighted by molar-refractivity contribution is 0.311. The largest absolute Gasteiger partial charge is 0.348 e. The van der Waals surface area contributed by atoms with E-state index in [2.05, 4.69) is 29.1 Å². The van der Waals surface area contributed by atoms with Gasteiger partial charge in [-0.2, -0.15) is 0 Å². The maximum Gasteiger partial charge on any atom is 0.185 e.